The summed E-state index contributed by atoms with van der Waals surface area (Å²) in [6.45, 7) is -0.127. The quantitative estimate of drug-likeness (QED) is 0.718. The molecule has 70 valence electrons. The second-order valence-corrected chi connectivity index (χ2v) is 3.10. The van der Waals surface area contributed by atoms with Crippen molar-refractivity contribution in [1.82, 2.24) is 0 Å². The number of aliphatic hydroxyl groups is 1. The number of allylic oxidation sites excluding steroid dienone is 2. The maximum absolute atomic E-state index is 11.4. The van der Waals surface area contributed by atoms with Crippen LogP contribution < -0.4 is 0 Å². The third kappa shape index (κ3) is 1.28. The van der Waals surface area contributed by atoms with Gasteiger partial charge < -0.3 is 5.11 Å². The SMILES string of the molecule is O=C1C=CC(=O)c2cc(CO)ccc21. The first kappa shape index (κ1) is 8.84. The second kappa shape index (κ2) is 3.20. The van der Waals surface area contributed by atoms with E-state index in [4.69, 9.17) is 5.11 Å². The van der Waals surface area contributed by atoms with Crippen molar-refractivity contribution in [2.24, 2.45) is 0 Å². The largest absolute Gasteiger partial charge is 0.392 e. The maximum atomic E-state index is 11.4. The number of aliphatic hydroxyl groups excluding tert-OH is 1. The fourth-order valence-corrected chi connectivity index (χ4v) is 1.44. The molecule has 1 N–H and O–H groups in total. The average molecular weight is 188 g/mol. The highest BCUT2D eigenvalue weighted by Gasteiger charge is 2.18. The van der Waals surface area contributed by atoms with Gasteiger partial charge in [0, 0.05) is 11.1 Å². The van der Waals surface area contributed by atoms with Gasteiger partial charge in [-0.3, -0.25) is 9.59 Å². The van der Waals surface area contributed by atoms with E-state index in [0.717, 1.165) is 0 Å². The summed E-state index contributed by atoms with van der Waals surface area (Å²) >= 11 is 0. The molecule has 0 amide bonds. The monoisotopic (exact) mass is 188 g/mol. The molecule has 1 aromatic rings. The lowest BCUT2D eigenvalue weighted by atomic mass is 9.93. The second-order valence-electron chi connectivity index (χ2n) is 3.10. The Morgan fingerprint density at radius 2 is 1.64 bits per heavy atom. The van der Waals surface area contributed by atoms with Gasteiger partial charge in [-0.05, 0) is 29.8 Å². The number of hydrogen-bond donors (Lipinski definition) is 1. The Morgan fingerprint density at radius 3 is 2.29 bits per heavy atom. The van der Waals surface area contributed by atoms with Crippen LogP contribution in [0.5, 0.6) is 0 Å². The molecule has 1 aliphatic rings. The summed E-state index contributed by atoms with van der Waals surface area (Å²) in [5.74, 6) is -0.348. The highest BCUT2D eigenvalue weighted by atomic mass is 16.3. The van der Waals surface area contributed by atoms with E-state index in [0.29, 0.717) is 16.7 Å². The first-order chi connectivity index (χ1) is 6.72. The van der Waals surface area contributed by atoms with Crippen LogP contribution in [-0.2, 0) is 6.61 Å². The summed E-state index contributed by atoms with van der Waals surface area (Å²) in [5.41, 5.74) is 1.43. The molecular formula is C11H8O3. The third-order valence-corrected chi connectivity index (χ3v) is 2.18. The van der Waals surface area contributed by atoms with Crippen LogP contribution in [0.15, 0.2) is 30.4 Å². The number of carbonyl (C=O) groups is 2. The molecule has 3 nitrogen and oxygen atoms in total. The minimum Gasteiger partial charge on any atom is -0.392 e. The highest BCUT2D eigenvalue weighted by molar-refractivity contribution is 6.22. The predicted molar refractivity (Wildman–Crippen MR) is 50.2 cm³/mol. The van der Waals surface area contributed by atoms with Crippen LogP contribution in [0.1, 0.15) is 26.3 Å². The van der Waals surface area contributed by atoms with Gasteiger partial charge in [-0.2, -0.15) is 0 Å². The molecule has 1 aliphatic carbocycles. The van der Waals surface area contributed by atoms with Gasteiger partial charge in [0.15, 0.2) is 11.6 Å². The first-order valence-electron chi connectivity index (χ1n) is 4.23. The first-order valence-corrected chi connectivity index (χ1v) is 4.23. The predicted octanol–water partition coefficient (Wildman–Crippen LogP) is 1.11. The summed E-state index contributed by atoms with van der Waals surface area (Å²) in [4.78, 5) is 22.7. The molecule has 0 radical (unpaired) electrons. The molecule has 0 heterocycles. The number of fused-ring (bicyclic) bond motifs is 1. The number of benzene rings is 1. The molecule has 0 bridgehead atoms. The van der Waals surface area contributed by atoms with Crippen molar-refractivity contribution < 1.29 is 14.7 Å². The van der Waals surface area contributed by atoms with Crippen LogP contribution in [0.3, 0.4) is 0 Å². The van der Waals surface area contributed by atoms with Gasteiger partial charge >= 0.3 is 0 Å². The molecule has 0 aromatic heterocycles. The van der Waals surface area contributed by atoms with Crippen molar-refractivity contribution in [1.29, 1.82) is 0 Å². The standard InChI is InChI=1S/C11H8O3/c12-6-7-1-2-8-9(5-7)11(14)4-3-10(8)13/h1-5,12H,6H2. The molecular weight excluding hydrogens is 180 g/mol. The van der Waals surface area contributed by atoms with Crippen molar-refractivity contribution in [2.45, 2.75) is 6.61 Å². The number of carbonyl (C=O) groups excluding carboxylic acids is 2. The molecule has 0 unspecified atom stereocenters. The van der Waals surface area contributed by atoms with Crippen LogP contribution >= 0.6 is 0 Å². The Hall–Kier alpha value is -1.74. The lowest BCUT2D eigenvalue weighted by Gasteiger charge is -2.09. The summed E-state index contributed by atoms with van der Waals surface area (Å²) in [6.07, 6.45) is 2.52. The van der Waals surface area contributed by atoms with Crippen molar-refractivity contribution in [2.75, 3.05) is 0 Å². The van der Waals surface area contributed by atoms with Gasteiger partial charge in [0.2, 0.25) is 0 Å². The van der Waals surface area contributed by atoms with Crippen LogP contribution in [0.4, 0.5) is 0 Å². The van der Waals surface area contributed by atoms with Crippen LogP contribution in [-0.4, -0.2) is 16.7 Å². The van der Waals surface area contributed by atoms with Crippen LogP contribution in [0.25, 0.3) is 0 Å². The van der Waals surface area contributed by atoms with E-state index in [1.807, 2.05) is 0 Å². The van der Waals surface area contributed by atoms with E-state index < -0.39 is 0 Å². The van der Waals surface area contributed by atoms with Crippen molar-refractivity contribution in [3.8, 4) is 0 Å². The Kier molecular flexibility index (Phi) is 2.02. The van der Waals surface area contributed by atoms with E-state index in [2.05, 4.69) is 0 Å². The molecule has 0 saturated heterocycles. The lowest BCUT2D eigenvalue weighted by molar-refractivity contribution is 0.0994. The van der Waals surface area contributed by atoms with Crippen LogP contribution in [0, 0.1) is 0 Å². The Morgan fingerprint density at radius 1 is 1.00 bits per heavy atom. The maximum Gasteiger partial charge on any atom is 0.186 e. The Labute approximate surface area is 80.7 Å². The molecule has 1 aromatic carbocycles. The van der Waals surface area contributed by atoms with Gasteiger partial charge in [0.25, 0.3) is 0 Å². The molecule has 0 spiro atoms. The lowest BCUT2D eigenvalue weighted by Crippen LogP contribution is -2.11. The average Bonchev–Trinajstić information content (AvgIpc) is 2.23. The minimum atomic E-state index is -0.185. The number of ketones is 2. The normalized spacial score (nSPS) is 14.4. The summed E-state index contributed by atoms with van der Waals surface area (Å²) in [5, 5.41) is 8.88. The van der Waals surface area contributed by atoms with Crippen molar-refractivity contribution in [3.05, 3.63) is 47.0 Å². The third-order valence-electron chi connectivity index (χ3n) is 2.18. The van der Waals surface area contributed by atoms with Crippen molar-refractivity contribution in [3.63, 3.8) is 0 Å². The van der Waals surface area contributed by atoms with Gasteiger partial charge in [-0.1, -0.05) is 6.07 Å². The van der Waals surface area contributed by atoms with Crippen LogP contribution in [0.2, 0.25) is 0 Å². The van der Waals surface area contributed by atoms with Gasteiger partial charge in [0.1, 0.15) is 0 Å². The van der Waals surface area contributed by atoms with E-state index in [-0.39, 0.29) is 18.2 Å². The summed E-state index contributed by atoms with van der Waals surface area (Å²) < 4.78 is 0. The molecule has 0 saturated carbocycles. The summed E-state index contributed by atoms with van der Waals surface area (Å²) in [6, 6.07) is 4.77. The minimum absolute atomic E-state index is 0.127. The van der Waals surface area contributed by atoms with Gasteiger partial charge in [0.05, 0.1) is 6.61 Å². The Bertz CT molecular complexity index is 444. The molecule has 14 heavy (non-hydrogen) atoms. The zero-order chi connectivity index (χ0) is 10.1. The Balaban J connectivity index is 2.61. The molecule has 0 atom stereocenters. The van der Waals surface area contributed by atoms with E-state index in [1.54, 1.807) is 18.2 Å². The fourth-order valence-electron chi connectivity index (χ4n) is 1.44. The topological polar surface area (TPSA) is 54.4 Å². The zero-order valence-electron chi connectivity index (χ0n) is 7.36. The van der Waals surface area contributed by atoms with Crippen molar-refractivity contribution >= 4 is 11.6 Å². The molecule has 3 heteroatoms. The zero-order valence-corrected chi connectivity index (χ0v) is 7.36. The highest BCUT2D eigenvalue weighted by Crippen LogP contribution is 2.18. The number of rotatable bonds is 1. The van der Waals surface area contributed by atoms with E-state index in [1.165, 1.54) is 12.2 Å². The summed E-state index contributed by atoms with van der Waals surface area (Å²) in [7, 11) is 0. The fraction of sp³-hybridized carbons (Fsp3) is 0.0909. The molecule has 2 rings (SSSR count). The van der Waals surface area contributed by atoms with Gasteiger partial charge in [-0.15, -0.1) is 0 Å². The van der Waals surface area contributed by atoms with Gasteiger partial charge in [-0.25, -0.2) is 0 Å². The molecule has 0 fully saturated rings. The van der Waals surface area contributed by atoms with E-state index >= 15 is 0 Å². The van der Waals surface area contributed by atoms with E-state index in [9.17, 15) is 9.59 Å². The number of hydrogen-bond acceptors (Lipinski definition) is 3. The smallest absolute Gasteiger partial charge is 0.186 e. The molecule has 0 aliphatic heterocycles.